The molecule has 0 spiro atoms. The highest BCUT2D eigenvalue weighted by atomic mass is 16.2. The second-order valence-electron chi connectivity index (χ2n) is 6.14. The molecule has 0 radical (unpaired) electrons. The van der Waals surface area contributed by atoms with Crippen molar-refractivity contribution in [3.05, 3.63) is 70.8 Å². The van der Waals surface area contributed by atoms with Crippen LogP contribution in [-0.4, -0.2) is 47.8 Å². The van der Waals surface area contributed by atoms with Crippen LogP contribution in [0.1, 0.15) is 31.8 Å². The molecule has 1 heterocycles. The fourth-order valence-corrected chi connectivity index (χ4v) is 2.90. The Hall–Kier alpha value is -3.13. The van der Waals surface area contributed by atoms with Crippen LogP contribution < -0.4 is 0 Å². The number of benzene rings is 2. The zero-order chi connectivity index (χ0) is 17.8. The van der Waals surface area contributed by atoms with Crippen LogP contribution in [0.5, 0.6) is 0 Å². The summed E-state index contributed by atoms with van der Waals surface area (Å²) >= 11 is 0. The molecule has 5 heteroatoms. The summed E-state index contributed by atoms with van der Waals surface area (Å²) in [6, 6.07) is 16.3. The summed E-state index contributed by atoms with van der Waals surface area (Å²) in [5.41, 5.74) is 2.77. The van der Waals surface area contributed by atoms with Crippen LogP contribution >= 0.6 is 0 Å². The number of nitrogens with zero attached hydrogens (tertiary/aromatic N) is 3. The van der Waals surface area contributed by atoms with Crippen molar-refractivity contribution in [3.63, 3.8) is 0 Å². The fourth-order valence-electron chi connectivity index (χ4n) is 2.90. The number of rotatable bonds is 2. The third kappa shape index (κ3) is 3.69. The van der Waals surface area contributed by atoms with Crippen molar-refractivity contribution in [2.75, 3.05) is 26.2 Å². The third-order valence-corrected chi connectivity index (χ3v) is 4.39. The number of piperazine rings is 1. The highest BCUT2D eigenvalue weighted by Crippen LogP contribution is 2.13. The molecule has 1 saturated heterocycles. The summed E-state index contributed by atoms with van der Waals surface area (Å²) in [5.74, 6) is -0.0990. The molecule has 2 amide bonds. The summed E-state index contributed by atoms with van der Waals surface area (Å²) in [7, 11) is 0. The summed E-state index contributed by atoms with van der Waals surface area (Å²) in [6.45, 7) is 3.99. The van der Waals surface area contributed by atoms with E-state index in [1.54, 1.807) is 34.1 Å². The number of carbonyl (C=O) groups is 2. The summed E-state index contributed by atoms with van der Waals surface area (Å²) in [6.07, 6.45) is 0. The molecule has 0 unspecified atom stereocenters. The van der Waals surface area contributed by atoms with E-state index in [9.17, 15) is 9.59 Å². The lowest BCUT2D eigenvalue weighted by molar-refractivity contribution is 0.0535. The smallest absolute Gasteiger partial charge is 0.254 e. The molecule has 126 valence electrons. The molecular weight excluding hydrogens is 314 g/mol. The Morgan fingerprint density at radius 2 is 1.44 bits per heavy atom. The first-order chi connectivity index (χ1) is 12.1. The molecule has 25 heavy (non-hydrogen) atoms. The zero-order valence-electron chi connectivity index (χ0n) is 14.1. The SMILES string of the molecule is Cc1ccc(C(=O)N2CCN(C(=O)c3cccc(C#N)c3)CC2)cc1. The number of amides is 2. The first kappa shape index (κ1) is 16.7. The molecule has 2 aromatic rings. The van der Waals surface area contributed by atoms with E-state index in [2.05, 4.69) is 0 Å². The van der Waals surface area contributed by atoms with Crippen LogP contribution in [0.4, 0.5) is 0 Å². The number of aryl methyl sites for hydroxylation is 1. The minimum atomic E-state index is -0.0977. The van der Waals surface area contributed by atoms with Gasteiger partial charge in [-0.3, -0.25) is 9.59 Å². The van der Waals surface area contributed by atoms with Gasteiger partial charge in [-0.2, -0.15) is 5.26 Å². The Bertz CT molecular complexity index is 829. The van der Waals surface area contributed by atoms with E-state index in [-0.39, 0.29) is 11.8 Å². The molecule has 0 aliphatic carbocycles. The lowest BCUT2D eigenvalue weighted by Crippen LogP contribution is -2.50. The van der Waals surface area contributed by atoms with Crippen molar-refractivity contribution in [1.82, 2.24) is 9.80 Å². The molecule has 1 fully saturated rings. The maximum Gasteiger partial charge on any atom is 0.254 e. The maximum atomic E-state index is 12.6. The standard InChI is InChI=1S/C20H19N3O2/c1-15-5-7-17(8-6-15)19(24)22-9-11-23(12-10-22)20(25)18-4-2-3-16(13-18)14-21/h2-8,13H,9-12H2,1H3. The van der Waals surface area contributed by atoms with Gasteiger partial charge in [-0.1, -0.05) is 23.8 Å². The van der Waals surface area contributed by atoms with Gasteiger partial charge in [0.1, 0.15) is 0 Å². The highest BCUT2D eigenvalue weighted by molar-refractivity contribution is 5.96. The minimum absolute atomic E-state index is 0.00132. The minimum Gasteiger partial charge on any atom is -0.335 e. The number of hydrogen-bond acceptors (Lipinski definition) is 3. The van der Waals surface area contributed by atoms with Crippen molar-refractivity contribution in [3.8, 4) is 6.07 Å². The van der Waals surface area contributed by atoms with Gasteiger partial charge in [-0.05, 0) is 37.3 Å². The van der Waals surface area contributed by atoms with E-state index in [1.807, 2.05) is 37.3 Å². The van der Waals surface area contributed by atoms with Crippen molar-refractivity contribution in [1.29, 1.82) is 5.26 Å². The Labute approximate surface area is 147 Å². The van der Waals surface area contributed by atoms with Crippen LogP contribution in [0.15, 0.2) is 48.5 Å². The molecule has 3 rings (SSSR count). The van der Waals surface area contributed by atoms with Gasteiger partial charge in [0.25, 0.3) is 11.8 Å². The largest absolute Gasteiger partial charge is 0.335 e. The predicted molar refractivity (Wildman–Crippen MR) is 94.1 cm³/mol. The Morgan fingerprint density at radius 3 is 2.00 bits per heavy atom. The molecule has 1 aliphatic heterocycles. The Kier molecular flexibility index (Phi) is 4.80. The van der Waals surface area contributed by atoms with E-state index in [4.69, 9.17) is 5.26 Å². The molecule has 1 aliphatic rings. The average Bonchev–Trinajstić information content (AvgIpc) is 2.67. The molecule has 0 N–H and O–H groups in total. The number of nitriles is 1. The Balaban J connectivity index is 1.63. The summed E-state index contributed by atoms with van der Waals surface area (Å²) < 4.78 is 0. The van der Waals surface area contributed by atoms with Gasteiger partial charge < -0.3 is 9.80 Å². The number of carbonyl (C=O) groups excluding carboxylic acids is 2. The van der Waals surface area contributed by atoms with Crippen LogP contribution in [0.25, 0.3) is 0 Å². The van der Waals surface area contributed by atoms with E-state index in [1.165, 1.54) is 0 Å². The first-order valence-electron chi connectivity index (χ1n) is 8.24. The van der Waals surface area contributed by atoms with Crippen LogP contribution in [-0.2, 0) is 0 Å². The highest BCUT2D eigenvalue weighted by Gasteiger charge is 2.25. The average molecular weight is 333 g/mol. The maximum absolute atomic E-state index is 12.6. The third-order valence-electron chi connectivity index (χ3n) is 4.39. The Morgan fingerprint density at radius 1 is 0.880 bits per heavy atom. The van der Waals surface area contributed by atoms with Gasteiger partial charge >= 0.3 is 0 Å². The zero-order valence-corrected chi connectivity index (χ0v) is 14.1. The van der Waals surface area contributed by atoms with Crippen molar-refractivity contribution in [2.45, 2.75) is 6.92 Å². The predicted octanol–water partition coefficient (Wildman–Crippen LogP) is 2.46. The lowest BCUT2D eigenvalue weighted by atomic mass is 10.1. The monoisotopic (exact) mass is 333 g/mol. The summed E-state index contributed by atoms with van der Waals surface area (Å²) in [4.78, 5) is 28.6. The van der Waals surface area contributed by atoms with Gasteiger partial charge in [0.15, 0.2) is 0 Å². The molecular formula is C20H19N3O2. The normalized spacial score (nSPS) is 14.1. The van der Waals surface area contributed by atoms with Crippen LogP contribution in [0.2, 0.25) is 0 Å². The van der Waals surface area contributed by atoms with E-state index in [0.29, 0.717) is 42.9 Å². The molecule has 0 saturated carbocycles. The van der Waals surface area contributed by atoms with Crippen molar-refractivity contribution in [2.24, 2.45) is 0 Å². The summed E-state index contributed by atoms with van der Waals surface area (Å²) in [5, 5.41) is 8.96. The van der Waals surface area contributed by atoms with Crippen LogP contribution in [0.3, 0.4) is 0 Å². The second-order valence-corrected chi connectivity index (χ2v) is 6.14. The van der Waals surface area contributed by atoms with Gasteiger partial charge in [0.2, 0.25) is 0 Å². The van der Waals surface area contributed by atoms with E-state index in [0.717, 1.165) is 5.56 Å². The van der Waals surface area contributed by atoms with E-state index >= 15 is 0 Å². The van der Waals surface area contributed by atoms with Crippen molar-refractivity contribution < 1.29 is 9.59 Å². The number of hydrogen-bond donors (Lipinski definition) is 0. The van der Waals surface area contributed by atoms with Crippen molar-refractivity contribution >= 4 is 11.8 Å². The molecule has 0 aromatic heterocycles. The topological polar surface area (TPSA) is 64.4 Å². The van der Waals surface area contributed by atoms with E-state index < -0.39 is 0 Å². The fraction of sp³-hybridized carbons (Fsp3) is 0.250. The van der Waals surface area contributed by atoms with Gasteiger partial charge in [0, 0.05) is 37.3 Å². The van der Waals surface area contributed by atoms with Gasteiger partial charge in [0.05, 0.1) is 11.6 Å². The first-order valence-corrected chi connectivity index (χ1v) is 8.24. The lowest BCUT2D eigenvalue weighted by Gasteiger charge is -2.35. The second kappa shape index (κ2) is 7.18. The molecule has 2 aromatic carbocycles. The van der Waals surface area contributed by atoms with Gasteiger partial charge in [-0.15, -0.1) is 0 Å². The van der Waals surface area contributed by atoms with Gasteiger partial charge in [-0.25, -0.2) is 0 Å². The van der Waals surface area contributed by atoms with Crippen LogP contribution in [0, 0.1) is 18.3 Å². The quantitative estimate of drug-likeness (QED) is 0.848. The molecule has 0 bridgehead atoms. The molecule has 5 nitrogen and oxygen atoms in total. The molecule has 0 atom stereocenters.